The number of aliphatic hydroxyl groups is 16. The van der Waals surface area contributed by atoms with Crippen LogP contribution in [-0.4, -0.2) is 304 Å². The molecule has 6 heterocycles. The third-order valence-corrected chi connectivity index (χ3v) is 13.1. The van der Waals surface area contributed by atoms with Crippen LogP contribution in [0.25, 0.3) is 0 Å². The first-order valence-corrected chi connectivity index (χ1v) is 22.8. The maximum Gasteiger partial charge on any atom is 0.217 e. The Morgan fingerprint density at radius 3 is 1.31 bits per heavy atom. The summed E-state index contributed by atoms with van der Waals surface area (Å²) in [6, 6.07) is -3.38. The maximum absolute atomic E-state index is 13.1. The van der Waals surface area contributed by atoms with Gasteiger partial charge in [0.05, 0.1) is 38.6 Å². The van der Waals surface area contributed by atoms with Crippen LogP contribution < -0.4 is 10.6 Å². The van der Waals surface area contributed by atoms with Crippen molar-refractivity contribution >= 4 is 11.8 Å². The van der Waals surface area contributed by atoms with E-state index in [2.05, 4.69) is 10.6 Å². The van der Waals surface area contributed by atoms with Crippen molar-refractivity contribution in [2.75, 3.05) is 26.4 Å². The third kappa shape index (κ3) is 12.6. The summed E-state index contributed by atoms with van der Waals surface area (Å²) in [5.74, 6) is -1.62. The highest BCUT2D eigenvalue weighted by molar-refractivity contribution is 5.73. The third-order valence-electron chi connectivity index (χ3n) is 13.1. The topological polar surface area (TPSA) is 483 Å². The smallest absolute Gasteiger partial charge is 0.217 e. The Labute approximate surface area is 403 Å². The lowest BCUT2D eigenvalue weighted by atomic mass is 9.94. The van der Waals surface area contributed by atoms with Crippen LogP contribution in [0, 0.1) is 0 Å². The van der Waals surface area contributed by atoms with E-state index < -0.39 is 222 Å². The highest BCUT2D eigenvalue weighted by atomic mass is 16.8. The Morgan fingerprint density at radius 2 is 0.803 bits per heavy atom. The van der Waals surface area contributed by atoms with Gasteiger partial charge in [-0.2, -0.15) is 0 Å². The SMILES string of the molecule is CC(=O)N[C@H]1[C@H](OC[C@H]2OC(O)[C@H](NC(C)=O)[C@@H](O[C@@H]3O[C@H](CO)[C@H](O)[C@H](O)[C@H]3O)[C@H]2O)O[C@H](CO)[C@@H](O[C@@H]2O[C@@H](C)[C@@H](O)[C@@H](O)[C@@H]2O)[C@@H]1O[C@@H]1O[C@H](CO)[C@H](O)[C@H](O)[C@H]1O[C@@H]1O[C@@H](C)[C@@H](O)[C@@H](O)[C@@H]1O. The lowest BCUT2D eigenvalue weighted by molar-refractivity contribution is -0.393. The van der Waals surface area contributed by atoms with E-state index in [4.69, 9.17) is 52.1 Å². The number of rotatable bonds is 16. The fourth-order valence-corrected chi connectivity index (χ4v) is 9.08. The Bertz CT molecular complexity index is 1710. The molecule has 412 valence electrons. The second-order valence-corrected chi connectivity index (χ2v) is 18.2. The predicted molar refractivity (Wildman–Crippen MR) is 220 cm³/mol. The molecule has 0 aromatic heterocycles. The van der Waals surface area contributed by atoms with Gasteiger partial charge in [0.25, 0.3) is 0 Å². The van der Waals surface area contributed by atoms with Crippen molar-refractivity contribution in [2.45, 2.75) is 212 Å². The average Bonchev–Trinajstić information content (AvgIpc) is 3.33. The molecule has 0 aromatic carbocycles. The summed E-state index contributed by atoms with van der Waals surface area (Å²) in [6.45, 7) is 0.982. The molecular formula is C40H68N2O29. The zero-order valence-electron chi connectivity index (χ0n) is 38.6. The van der Waals surface area contributed by atoms with E-state index in [1.54, 1.807) is 0 Å². The van der Waals surface area contributed by atoms with Crippen LogP contribution in [0.5, 0.6) is 0 Å². The number of nitrogens with one attached hydrogen (secondary N) is 2. The van der Waals surface area contributed by atoms with Crippen molar-refractivity contribution in [3.8, 4) is 0 Å². The van der Waals surface area contributed by atoms with Gasteiger partial charge in [-0.15, -0.1) is 0 Å². The second kappa shape index (κ2) is 24.7. The molecule has 71 heavy (non-hydrogen) atoms. The Hall–Kier alpha value is -2.14. The molecule has 30 atom stereocenters. The van der Waals surface area contributed by atoms with Crippen LogP contribution in [0.4, 0.5) is 0 Å². The average molecular weight is 1040 g/mol. The first kappa shape index (κ1) is 58.1. The largest absolute Gasteiger partial charge is 0.394 e. The zero-order chi connectivity index (χ0) is 52.5. The molecule has 6 aliphatic heterocycles. The van der Waals surface area contributed by atoms with Gasteiger partial charge in [-0.1, -0.05) is 0 Å². The van der Waals surface area contributed by atoms with Crippen molar-refractivity contribution in [1.29, 1.82) is 0 Å². The van der Waals surface area contributed by atoms with Gasteiger partial charge in [-0.05, 0) is 13.8 Å². The molecule has 31 heteroatoms. The minimum Gasteiger partial charge on any atom is -0.394 e. The summed E-state index contributed by atoms with van der Waals surface area (Å²) in [4.78, 5) is 25.3. The van der Waals surface area contributed by atoms with Crippen LogP contribution >= 0.6 is 0 Å². The molecule has 0 spiro atoms. The first-order valence-electron chi connectivity index (χ1n) is 22.8. The van der Waals surface area contributed by atoms with Gasteiger partial charge in [0.1, 0.15) is 134 Å². The van der Waals surface area contributed by atoms with E-state index in [1.165, 1.54) is 13.8 Å². The molecule has 6 saturated heterocycles. The minimum absolute atomic E-state index is 0.768. The summed E-state index contributed by atoms with van der Waals surface area (Å²) in [5, 5.41) is 176. The number of hydrogen-bond acceptors (Lipinski definition) is 29. The van der Waals surface area contributed by atoms with Gasteiger partial charge in [-0.3, -0.25) is 9.59 Å². The van der Waals surface area contributed by atoms with Crippen molar-refractivity contribution in [1.82, 2.24) is 10.6 Å². The highest BCUT2D eigenvalue weighted by Gasteiger charge is 2.58. The molecule has 2 amide bonds. The van der Waals surface area contributed by atoms with Gasteiger partial charge in [-0.25, -0.2) is 0 Å². The van der Waals surface area contributed by atoms with E-state index in [0.29, 0.717) is 0 Å². The number of amides is 2. The first-order chi connectivity index (χ1) is 33.4. The summed E-state index contributed by atoms with van der Waals surface area (Å²) in [6.07, 6.45) is -50.8. The number of carbonyl (C=O) groups excluding carboxylic acids is 2. The van der Waals surface area contributed by atoms with E-state index in [9.17, 15) is 91.3 Å². The number of hydrogen-bond donors (Lipinski definition) is 18. The summed E-state index contributed by atoms with van der Waals surface area (Å²) >= 11 is 0. The molecule has 0 saturated carbocycles. The summed E-state index contributed by atoms with van der Waals surface area (Å²) in [7, 11) is 0. The quantitative estimate of drug-likeness (QED) is 0.0682. The molecule has 0 aliphatic carbocycles. The van der Waals surface area contributed by atoms with Crippen LogP contribution in [0.1, 0.15) is 27.7 Å². The standard InChI is InChI=1S/C40H68N2O29/c1-9-19(48)24(53)28(57)37(62-9)68-31-15(7-45)67-36(61-8-16-23(52)32(17(35(60)64-16)41-11(3)46)69-39-30(59)26(55)21(50)13(5-43)65-39)18(42-12(4)47)33(31)70-40-34(27(56)22(51)14(6-44)66-40)71-38-29(58)25(54)20(49)10(2)63-38/h9-10,13-40,43-45,48-60H,5-8H2,1-4H3,(H,41,46)(H,42,47)/t9-,10-,13+,14+,15+,16+,17+,18+,19+,20+,21-,22-,23-,24+,25+,26-,27-,28-,29-,30+,31+,32+,33+,34+,35?,36+,37-,38-,39-,40-/m0/s1. The van der Waals surface area contributed by atoms with E-state index in [0.717, 1.165) is 13.8 Å². The summed E-state index contributed by atoms with van der Waals surface area (Å²) in [5.41, 5.74) is 0. The number of ether oxygens (including phenoxy) is 11. The minimum atomic E-state index is -2.09. The molecular weight excluding hydrogens is 972 g/mol. The molecule has 6 fully saturated rings. The molecule has 0 aromatic rings. The second-order valence-electron chi connectivity index (χ2n) is 18.2. The lowest BCUT2D eigenvalue weighted by Gasteiger charge is -2.51. The van der Waals surface area contributed by atoms with Crippen molar-refractivity contribution in [3.05, 3.63) is 0 Å². The van der Waals surface area contributed by atoms with Crippen molar-refractivity contribution in [3.63, 3.8) is 0 Å². The van der Waals surface area contributed by atoms with Gasteiger partial charge < -0.3 is 144 Å². The van der Waals surface area contributed by atoms with Crippen molar-refractivity contribution in [2.24, 2.45) is 0 Å². The predicted octanol–water partition coefficient (Wildman–Crippen LogP) is -11.8. The summed E-state index contributed by atoms with van der Waals surface area (Å²) < 4.78 is 64.4. The molecule has 0 radical (unpaired) electrons. The van der Waals surface area contributed by atoms with Gasteiger partial charge in [0.2, 0.25) is 11.8 Å². The molecule has 6 aliphatic rings. The molecule has 1 unspecified atom stereocenters. The molecule has 0 bridgehead atoms. The number of carbonyl (C=O) groups is 2. The highest BCUT2D eigenvalue weighted by Crippen LogP contribution is 2.37. The van der Waals surface area contributed by atoms with Crippen LogP contribution in [0.2, 0.25) is 0 Å². The molecule has 18 N–H and O–H groups in total. The Kier molecular flexibility index (Phi) is 20.2. The van der Waals surface area contributed by atoms with Crippen LogP contribution in [0.15, 0.2) is 0 Å². The zero-order valence-corrected chi connectivity index (χ0v) is 38.6. The Morgan fingerprint density at radius 1 is 0.394 bits per heavy atom. The van der Waals surface area contributed by atoms with Crippen molar-refractivity contribution < 1.29 is 143 Å². The normalized spacial score (nSPS) is 50.8. The number of aliphatic hydroxyl groups excluding tert-OH is 16. The van der Waals surface area contributed by atoms with Gasteiger partial charge in [0, 0.05) is 13.8 Å². The lowest BCUT2D eigenvalue weighted by Crippen LogP contribution is -2.71. The Balaban J connectivity index is 1.34. The molecule has 6 rings (SSSR count). The van der Waals surface area contributed by atoms with E-state index in [1.807, 2.05) is 0 Å². The maximum atomic E-state index is 13.1. The van der Waals surface area contributed by atoms with Gasteiger partial charge in [0.15, 0.2) is 37.7 Å². The fraction of sp³-hybridized carbons (Fsp3) is 0.950. The van der Waals surface area contributed by atoms with Crippen LogP contribution in [0.3, 0.4) is 0 Å². The monoisotopic (exact) mass is 1040 g/mol. The van der Waals surface area contributed by atoms with Gasteiger partial charge >= 0.3 is 0 Å². The van der Waals surface area contributed by atoms with Crippen LogP contribution in [-0.2, 0) is 61.7 Å². The fourth-order valence-electron chi connectivity index (χ4n) is 9.08. The van der Waals surface area contributed by atoms with E-state index in [-0.39, 0.29) is 0 Å². The van der Waals surface area contributed by atoms with E-state index >= 15 is 0 Å². The molecule has 31 nitrogen and oxygen atoms in total.